The summed E-state index contributed by atoms with van der Waals surface area (Å²) in [4.78, 5) is 22.7. The van der Waals surface area contributed by atoms with Gasteiger partial charge in [0.05, 0.1) is 0 Å². The maximum Gasteiger partial charge on any atom is 0.408 e. The van der Waals surface area contributed by atoms with Gasteiger partial charge < -0.3 is 15.2 Å². The van der Waals surface area contributed by atoms with Crippen LogP contribution in [0.1, 0.15) is 59.3 Å². The Balaban J connectivity index is 2.39. The molecule has 5 nitrogen and oxygen atoms in total. The Morgan fingerprint density at radius 3 is 2.37 bits per heavy atom. The van der Waals surface area contributed by atoms with Crippen LogP contribution in [0.4, 0.5) is 4.79 Å². The van der Waals surface area contributed by atoms with E-state index in [-0.39, 0.29) is 0 Å². The largest absolute Gasteiger partial charge is 0.480 e. The zero-order chi connectivity index (χ0) is 14.5. The van der Waals surface area contributed by atoms with E-state index in [0.29, 0.717) is 12.3 Å². The molecule has 2 N–H and O–H groups in total. The number of rotatable bonds is 5. The lowest BCUT2D eigenvalue weighted by atomic mass is 9.98. The Morgan fingerprint density at radius 1 is 1.32 bits per heavy atom. The van der Waals surface area contributed by atoms with Gasteiger partial charge in [0.15, 0.2) is 0 Å². The zero-order valence-electron chi connectivity index (χ0n) is 12.1. The third-order valence-corrected chi connectivity index (χ3v) is 3.33. The molecule has 1 saturated carbocycles. The summed E-state index contributed by atoms with van der Waals surface area (Å²) in [5.74, 6) is -0.383. The second-order valence-corrected chi connectivity index (χ2v) is 6.26. The van der Waals surface area contributed by atoms with E-state index >= 15 is 0 Å². The van der Waals surface area contributed by atoms with E-state index in [9.17, 15) is 9.59 Å². The van der Waals surface area contributed by atoms with Crippen molar-refractivity contribution in [3.8, 4) is 0 Å². The number of ether oxygens (including phenoxy) is 1. The van der Waals surface area contributed by atoms with Crippen LogP contribution in [0.15, 0.2) is 0 Å². The van der Waals surface area contributed by atoms with Gasteiger partial charge in [-0.3, -0.25) is 0 Å². The quantitative estimate of drug-likeness (QED) is 0.806. The summed E-state index contributed by atoms with van der Waals surface area (Å²) in [5, 5.41) is 11.6. The SMILES string of the molecule is CC(C)(C)OC(=O)N[C@H](CCC1CCCC1)C(=O)O. The van der Waals surface area contributed by atoms with Gasteiger partial charge in [-0.1, -0.05) is 25.7 Å². The number of aliphatic carboxylic acids is 1. The third-order valence-electron chi connectivity index (χ3n) is 3.33. The van der Waals surface area contributed by atoms with Gasteiger partial charge in [-0.2, -0.15) is 0 Å². The molecule has 0 aromatic rings. The molecular formula is C14H25NO4. The number of carboxylic acids is 1. The molecule has 19 heavy (non-hydrogen) atoms. The van der Waals surface area contributed by atoms with E-state index in [1.54, 1.807) is 20.8 Å². The van der Waals surface area contributed by atoms with Gasteiger partial charge in [0, 0.05) is 0 Å². The molecule has 1 amide bonds. The summed E-state index contributed by atoms with van der Waals surface area (Å²) in [6.45, 7) is 5.25. The molecule has 1 atom stereocenters. The lowest BCUT2D eigenvalue weighted by Gasteiger charge is -2.22. The molecule has 1 rings (SSSR count). The van der Waals surface area contributed by atoms with Crippen LogP contribution < -0.4 is 5.32 Å². The van der Waals surface area contributed by atoms with Crippen molar-refractivity contribution in [2.75, 3.05) is 0 Å². The molecule has 0 aromatic heterocycles. The number of alkyl carbamates (subject to hydrolysis) is 1. The van der Waals surface area contributed by atoms with Crippen LogP contribution in [0.5, 0.6) is 0 Å². The van der Waals surface area contributed by atoms with E-state index < -0.39 is 23.7 Å². The maximum absolute atomic E-state index is 11.6. The van der Waals surface area contributed by atoms with Gasteiger partial charge in [0.25, 0.3) is 0 Å². The van der Waals surface area contributed by atoms with Crippen LogP contribution in [0, 0.1) is 5.92 Å². The van der Waals surface area contributed by atoms with E-state index in [1.165, 1.54) is 25.7 Å². The molecule has 0 bridgehead atoms. The van der Waals surface area contributed by atoms with Crippen LogP contribution in [-0.2, 0) is 9.53 Å². The van der Waals surface area contributed by atoms with Gasteiger partial charge in [0.2, 0.25) is 0 Å². The second-order valence-electron chi connectivity index (χ2n) is 6.26. The minimum absolute atomic E-state index is 0.471. The molecule has 110 valence electrons. The van der Waals surface area contributed by atoms with Crippen molar-refractivity contribution in [1.29, 1.82) is 0 Å². The first kappa shape index (κ1) is 15.8. The first-order valence-electron chi connectivity index (χ1n) is 7.00. The number of amides is 1. The highest BCUT2D eigenvalue weighted by Crippen LogP contribution is 2.29. The minimum atomic E-state index is -0.996. The summed E-state index contributed by atoms with van der Waals surface area (Å²) in [6.07, 6.45) is 5.50. The Hall–Kier alpha value is -1.26. The molecule has 0 saturated heterocycles. The number of carbonyl (C=O) groups is 2. The van der Waals surface area contributed by atoms with E-state index in [1.807, 2.05) is 0 Å². The van der Waals surface area contributed by atoms with Crippen molar-refractivity contribution in [3.63, 3.8) is 0 Å². The molecular weight excluding hydrogens is 246 g/mol. The summed E-state index contributed by atoms with van der Waals surface area (Å²) >= 11 is 0. The summed E-state index contributed by atoms with van der Waals surface area (Å²) < 4.78 is 5.08. The molecule has 0 unspecified atom stereocenters. The number of carbonyl (C=O) groups excluding carboxylic acids is 1. The first-order valence-corrected chi connectivity index (χ1v) is 7.00. The fourth-order valence-corrected chi connectivity index (χ4v) is 2.41. The number of hydrogen-bond acceptors (Lipinski definition) is 3. The molecule has 1 aliphatic rings. The van der Waals surface area contributed by atoms with Crippen LogP contribution in [0.25, 0.3) is 0 Å². The fourth-order valence-electron chi connectivity index (χ4n) is 2.41. The molecule has 0 spiro atoms. The summed E-state index contributed by atoms with van der Waals surface area (Å²) in [7, 11) is 0. The molecule has 0 heterocycles. The Labute approximate surface area is 114 Å². The average Bonchev–Trinajstić information content (AvgIpc) is 2.73. The molecule has 5 heteroatoms. The normalized spacial score (nSPS) is 18.1. The number of nitrogens with one attached hydrogen (secondary N) is 1. The van der Waals surface area contributed by atoms with Gasteiger partial charge >= 0.3 is 12.1 Å². The van der Waals surface area contributed by atoms with Crippen molar-refractivity contribution < 1.29 is 19.4 Å². The van der Waals surface area contributed by atoms with Crippen LogP contribution >= 0.6 is 0 Å². The molecule has 0 radical (unpaired) electrons. The Morgan fingerprint density at radius 2 is 1.89 bits per heavy atom. The minimum Gasteiger partial charge on any atom is -0.480 e. The molecule has 1 aliphatic carbocycles. The molecule has 0 aliphatic heterocycles. The first-order chi connectivity index (χ1) is 8.78. The van der Waals surface area contributed by atoms with E-state index in [4.69, 9.17) is 9.84 Å². The van der Waals surface area contributed by atoms with Crippen LogP contribution in [-0.4, -0.2) is 28.8 Å². The number of carboxylic acid groups (broad SMARTS) is 1. The highest BCUT2D eigenvalue weighted by atomic mass is 16.6. The monoisotopic (exact) mass is 271 g/mol. The standard InChI is InChI=1S/C14H25NO4/c1-14(2,3)19-13(18)15-11(12(16)17)9-8-10-6-4-5-7-10/h10-11H,4-9H2,1-3H3,(H,15,18)(H,16,17)/t11-/m1/s1. The Bertz CT molecular complexity index is 316. The fraction of sp³-hybridized carbons (Fsp3) is 0.857. The summed E-state index contributed by atoms with van der Waals surface area (Å²) in [5.41, 5.74) is -0.613. The topological polar surface area (TPSA) is 75.6 Å². The predicted octanol–water partition coefficient (Wildman–Crippen LogP) is 2.93. The van der Waals surface area contributed by atoms with Crippen LogP contribution in [0.3, 0.4) is 0 Å². The molecule has 0 aromatic carbocycles. The van der Waals surface area contributed by atoms with Gasteiger partial charge in [-0.15, -0.1) is 0 Å². The molecule has 1 fully saturated rings. The second kappa shape index (κ2) is 6.78. The van der Waals surface area contributed by atoms with Crippen molar-refractivity contribution in [2.24, 2.45) is 5.92 Å². The summed E-state index contributed by atoms with van der Waals surface area (Å²) in [6, 6.07) is -0.851. The highest BCUT2D eigenvalue weighted by molar-refractivity contribution is 5.79. The highest BCUT2D eigenvalue weighted by Gasteiger charge is 2.25. The van der Waals surface area contributed by atoms with Gasteiger partial charge in [-0.25, -0.2) is 9.59 Å². The van der Waals surface area contributed by atoms with E-state index in [2.05, 4.69) is 5.32 Å². The van der Waals surface area contributed by atoms with Crippen LogP contribution in [0.2, 0.25) is 0 Å². The number of hydrogen-bond donors (Lipinski definition) is 2. The average molecular weight is 271 g/mol. The predicted molar refractivity (Wildman–Crippen MR) is 72.0 cm³/mol. The van der Waals surface area contributed by atoms with Gasteiger partial charge in [-0.05, 0) is 39.5 Å². The smallest absolute Gasteiger partial charge is 0.408 e. The van der Waals surface area contributed by atoms with Gasteiger partial charge in [0.1, 0.15) is 11.6 Å². The maximum atomic E-state index is 11.6. The lowest BCUT2D eigenvalue weighted by molar-refractivity contribution is -0.139. The van der Waals surface area contributed by atoms with Crippen molar-refractivity contribution in [3.05, 3.63) is 0 Å². The lowest BCUT2D eigenvalue weighted by Crippen LogP contribution is -2.43. The van der Waals surface area contributed by atoms with Crippen molar-refractivity contribution in [1.82, 2.24) is 5.32 Å². The Kier molecular flexibility index (Phi) is 5.63. The zero-order valence-corrected chi connectivity index (χ0v) is 12.1. The van der Waals surface area contributed by atoms with E-state index in [0.717, 1.165) is 6.42 Å². The van der Waals surface area contributed by atoms with Crippen molar-refractivity contribution >= 4 is 12.1 Å². The van der Waals surface area contributed by atoms with Crippen molar-refractivity contribution in [2.45, 2.75) is 70.9 Å². The third kappa shape index (κ3) is 6.45.